The number of aromatic carboxylic acids is 1. The van der Waals surface area contributed by atoms with Crippen LogP contribution in [0.3, 0.4) is 0 Å². The van der Waals surface area contributed by atoms with Gasteiger partial charge in [0.2, 0.25) is 0 Å². The van der Waals surface area contributed by atoms with Crippen LogP contribution in [0.25, 0.3) is 0 Å². The van der Waals surface area contributed by atoms with Crippen LogP contribution in [0, 0.1) is 0 Å². The van der Waals surface area contributed by atoms with Crippen LogP contribution in [0.4, 0.5) is 4.79 Å². The molecular formula is C17H23NO6. The number of carboxylic acid groups (broad SMARTS) is 1. The van der Waals surface area contributed by atoms with E-state index in [1.54, 1.807) is 26.8 Å². The fraction of sp³-hybridized carbons (Fsp3) is 0.529. The molecule has 1 aromatic carbocycles. The summed E-state index contributed by atoms with van der Waals surface area (Å²) in [6, 6.07) is 4.39. The third kappa shape index (κ3) is 4.78. The van der Waals surface area contributed by atoms with Crippen molar-refractivity contribution in [1.29, 1.82) is 0 Å². The predicted molar refractivity (Wildman–Crippen MR) is 86.8 cm³/mol. The maximum Gasteiger partial charge on any atom is 0.408 e. The second kappa shape index (κ2) is 6.59. The fourth-order valence-electron chi connectivity index (χ4n) is 2.11. The van der Waals surface area contributed by atoms with Crippen molar-refractivity contribution in [3.05, 3.63) is 23.8 Å². The molecule has 0 atom stereocenters. The molecule has 0 saturated heterocycles. The minimum atomic E-state index is -1.04. The summed E-state index contributed by atoms with van der Waals surface area (Å²) in [6.07, 6.45) is 1.11. The molecule has 0 unspecified atom stereocenters. The summed E-state index contributed by atoms with van der Waals surface area (Å²) in [5, 5.41) is 11.8. The average molecular weight is 337 g/mol. The second-order valence-corrected chi connectivity index (χ2v) is 6.87. The van der Waals surface area contributed by atoms with Gasteiger partial charge in [0, 0.05) is 0 Å². The number of carbonyl (C=O) groups excluding carboxylic acids is 1. The van der Waals surface area contributed by atoms with E-state index in [1.165, 1.54) is 19.2 Å². The lowest BCUT2D eigenvalue weighted by atomic mass is 10.2. The molecule has 0 radical (unpaired) electrons. The fourth-order valence-corrected chi connectivity index (χ4v) is 2.11. The Kier molecular flexibility index (Phi) is 4.91. The van der Waals surface area contributed by atoms with Crippen molar-refractivity contribution in [3.8, 4) is 11.5 Å². The minimum absolute atomic E-state index is 0.118. The highest BCUT2D eigenvalue weighted by atomic mass is 16.6. The second-order valence-electron chi connectivity index (χ2n) is 6.87. The van der Waals surface area contributed by atoms with E-state index in [2.05, 4.69) is 5.32 Å². The highest BCUT2D eigenvalue weighted by molar-refractivity contribution is 5.88. The number of rotatable bonds is 6. The highest BCUT2D eigenvalue weighted by Crippen LogP contribution is 2.37. The van der Waals surface area contributed by atoms with Crippen molar-refractivity contribution < 1.29 is 28.9 Å². The largest absolute Gasteiger partial charge is 0.493 e. The smallest absolute Gasteiger partial charge is 0.408 e. The Balaban J connectivity index is 1.98. The van der Waals surface area contributed by atoms with Crippen molar-refractivity contribution >= 4 is 12.1 Å². The van der Waals surface area contributed by atoms with Crippen LogP contribution in [-0.2, 0) is 4.74 Å². The summed E-state index contributed by atoms with van der Waals surface area (Å²) in [5.41, 5.74) is -0.886. The molecule has 2 N–H and O–H groups in total. The van der Waals surface area contributed by atoms with Crippen LogP contribution in [-0.4, -0.2) is 42.0 Å². The van der Waals surface area contributed by atoms with E-state index in [1.807, 2.05) is 0 Å². The molecule has 132 valence electrons. The van der Waals surface area contributed by atoms with Gasteiger partial charge in [-0.2, -0.15) is 0 Å². The molecule has 7 nitrogen and oxygen atoms in total. The Morgan fingerprint density at radius 1 is 1.25 bits per heavy atom. The number of amides is 1. The number of carbonyl (C=O) groups is 2. The number of hydrogen-bond acceptors (Lipinski definition) is 5. The third-order valence-corrected chi connectivity index (χ3v) is 3.53. The van der Waals surface area contributed by atoms with E-state index >= 15 is 0 Å². The number of hydrogen-bond donors (Lipinski definition) is 2. The van der Waals surface area contributed by atoms with E-state index in [0.717, 1.165) is 12.8 Å². The van der Waals surface area contributed by atoms with E-state index in [-0.39, 0.29) is 12.2 Å². The first kappa shape index (κ1) is 17.9. The van der Waals surface area contributed by atoms with Crippen molar-refractivity contribution in [1.82, 2.24) is 5.32 Å². The van der Waals surface area contributed by atoms with Gasteiger partial charge in [-0.25, -0.2) is 9.59 Å². The molecule has 0 heterocycles. The number of ether oxygens (including phenoxy) is 3. The van der Waals surface area contributed by atoms with Gasteiger partial charge in [0.05, 0.1) is 18.2 Å². The first-order valence-corrected chi connectivity index (χ1v) is 7.69. The van der Waals surface area contributed by atoms with Gasteiger partial charge in [0.25, 0.3) is 0 Å². The first-order chi connectivity index (χ1) is 11.1. The molecule has 2 rings (SSSR count). The molecule has 1 aliphatic carbocycles. The lowest BCUT2D eigenvalue weighted by Crippen LogP contribution is -2.44. The van der Waals surface area contributed by atoms with E-state index in [0.29, 0.717) is 11.5 Å². The van der Waals surface area contributed by atoms with Crippen molar-refractivity contribution in [2.45, 2.75) is 44.8 Å². The SMILES string of the molecule is COc1cc(C(=O)O)ccc1OCC1(NC(=O)OC(C)(C)C)CC1. The zero-order valence-electron chi connectivity index (χ0n) is 14.3. The summed E-state index contributed by atoms with van der Waals surface area (Å²) in [7, 11) is 1.44. The number of benzene rings is 1. The van der Waals surface area contributed by atoms with E-state index in [9.17, 15) is 9.59 Å². The van der Waals surface area contributed by atoms with E-state index in [4.69, 9.17) is 19.3 Å². The summed E-state index contributed by atoms with van der Waals surface area (Å²) >= 11 is 0. The van der Waals surface area contributed by atoms with Crippen LogP contribution < -0.4 is 14.8 Å². The summed E-state index contributed by atoms with van der Waals surface area (Å²) in [5.74, 6) is -0.271. The Morgan fingerprint density at radius 3 is 2.42 bits per heavy atom. The first-order valence-electron chi connectivity index (χ1n) is 7.69. The molecular weight excluding hydrogens is 314 g/mol. The third-order valence-electron chi connectivity index (χ3n) is 3.53. The van der Waals surface area contributed by atoms with Crippen LogP contribution in [0.5, 0.6) is 11.5 Å². The summed E-state index contributed by atoms with van der Waals surface area (Å²) < 4.78 is 16.2. The van der Waals surface area contributed by atoms with Crippen LogP contribution in [0.15, 0.2) is 18.2 Å². The average Bonchev–Trinajstić information content (AvgIpc) is 3.22. The standard InChI is InChI=1S/C17H23NO6/c1-16(2,3)24-15(21)18-17(7-8-17)10-23-12-6-5-11(14(19)20)9-13(12)22-4/h5-6,9H,7-8,10H2,1-4H3,(H,18,21)(H,19,20). The van der Waals surface area contributed by atoms with Gasteiger partial charge >= 0.3 is 12.1 Å². The van der Waals surface area contributed by atoms with Gasteiger partial charge in [0.15, 0.2) is 11.5 Å². The van der Waals surface area contributed by atoms with Gasteiger partial charge in [-0.3, -0.25) is 0 Å². The maximum absolute atomic E-state index is 11.9. The molecule has 1 aliphatic rings. The maximum atomic E-state index is 11.9. The van der Waals surface area contributed by atoms with E-state index < -0.39 is 23.2 Å². The van der Waals surface area contributed by atoms with Gasteiger partial charge in [-0.1, -0.05) is 0 Å². The molecule has 1 amide bonds. The van der Waals surface area contributed by atoms with Crippen molar-refractivity contribution in [2.24, 2.45) is 0 Å². The van der Waals surface area contributed by atoms with Gasteiger partial charge in [-0.15, -0.1) is 0 Å². The molecule has 0 spiro atoms. The topological polar surface area (TPSA) is 94.1 Å². The number of alkyl carbamates (subject to hydrolysis) is 1. The molecule has 1 fully saturated rings. The Bertz CT molecular complexity index is 630. The lowest BCUT2D eigenvalue weighted by molar-refractivity contribution is 0.0476. The molecule has 1 aromatic rings. The van der Waals surface area contributed by atoms with Gasteiger partial charge in [-0.05, 0) is 51.8 Å². The van der Waals surface area contributed by atoms with Crippen LogP contribution >= 0.6 is 0 Å². The zero-order valence-corrected chi connectivity index (χ0v) is 14.3. The van der Waals surface area contributed by atoms with Crippen LogP contribution in [0.1, 0.15) is 44.0 Å². The number of carboxylic acids is 1. The van der Waals surface area contributed by atoms with Gasteiger partial charge in [0.1, 0.15) is 12.2 Å². The lowest BCUT2D eigenvalue weighted by Gasteiger charge is -2.23. The monoisotopic (exact) mass is 337 g/mol. The van der Waals surface area contributed by atoms with Crippen molar-refractivity contribution in [2.75, 3.05) is 13.7 Å². The molecule has 0 aromatic heterocycles. The zero-order chi connectivity index (χ0) is 18.0. The molecule has 7 heteroatoms. The Labute approximate surface area is 140 Å². The Hall–Kier alpha value is -2.44. The number of nitrogens with one attached hydrogen (secondary N) is 1. The Morgan fingerprint density at radius 2 is 1.92 bits per heavy atom. The van der Waals surface area contributed by atoms with Crippen LogP contribution in [0.2, 0.25) is 0 Å². The molecule has 1 saturated carbocycles. The summed E-state index contributed by atoms with van der Waals surface area (Å²) in [4.78, 5) is 22.9. The highest BCUT2D eigenvalue weighted by Gasteiger charge is 2.46. The van der Waals surface area contributed by atoms with Gasteiger partial charge < -0.3 is 24.6 Å². The molecule has 24 heavy (non-hydrogen) atoms. The quantitative estimate of drug-likeness (QED) is 0.829. The molecule has 0 aliphatic heterocycles. The van der Waals surface area contributed by atoms with Crippen molar-refractivity contribution in [3.63, 3.8) is 0 Å². The minimum Gasteiger partial charge on any atom is -0.493 e. The molecule has 0 bridgehead atoms. The summed E-state index contributed by atoms with van der Waals surface area (Å²) in [6.45, 7) is 5.67. The predicted octanol–water partition coefficient (Wildman–Crippen LogP) is 2.83. The normalized spacial score (nSPS) is 15.3. The number of methoxy groups -OCH3 is 1.